The second-order valence-electron chi connectivity index (χ2n) is 10.8. The number of hydrogen-bond donors (Lipinski definition) is 3. The van der Waals surface area contributed by atoms with E-state index in [-0.39, 0.29) is 29.0 Å². The van der Waals surface area contributed by atoms with E-state index in [0.717, 1.165) is 51.6 Å². The number of likely N-dealkylation sites (tertiary alicyclic amines) is 1. The molecule has 1 saturated heterocycles. The molecule has 1 heterocycles. The number of anilines is 1. The minimum Gasteiger partial charge on any atom is -0.349 e. The lowest BCUT2D eigenvalue weighted by atomic mass is 9.94. The van der Waals surface area contributed by atoms with Crippen LogP contribution in [-0.4, -0.2) is 47.4 Å². The molecule has 9 heteroatoms. The van der Waals surface area contributed by atoms with Gasteiger partial charge in [0.2, 0.25) is 0 Å². The lowest BCUT2D eigenvalue weighted by Crippen LogP contribution is -2.46. The lowest BCUT2D eigenvalue weighted by molar-refractivity contribution is -0.384. The molecule has 222 valence electrons. The molecule has 3 amide bonds. The molecular weight excluding hydrogens is 530 g/mol. The van der Waals surface area contributed by atoms with Crippen LogP contribution in [0.1, 0.15) is 79.4 Å². The summed E-state index contributed by atoms with van der Waals surface area (Å²) in [5.74, 6) is -0.435. The zero-order valence-electron chi connectivity index (χ0n) is 24.3. The number of urea groups is 1. The van der Waals surface area contributed by atoms with E-state index in [1.807, 2.05) is 12.1 Å². The number of carbonyl (C=O) groups is 2. The Balaban J connectivity index is 1.39. The number of unbranched alkanes of at least 4 members (excludes halogenated alkanes) is 4. The summed E-state index contributed by atoms with van der Waals surface area (Å²) in [6.07, 6.45) is 6.83. The van der Waals surface area contributed by atoms with Crippen LogP contribution in [0.4, 0.5) is 16.2 Å². The molecule has 3 aromatic rings. The Morgan fingerprint density at radius 3 is 2.12 bits per heavy atom. The van der Waals surface area contributed by atoms with E-state index in [1.165, 1.54) is 35.7 Å². The van der Waals surface area contributed by atoms with E-state index in [1.54, 1.807) is 0 Å². The van der Waals surface area contributed by atoms with Crippen LogP contribution in [-0.2, 0) is 0 Å². The molecule has 4 rings (SSSR count). The van der Waals surface area contributed by atoms with E-state index >= 15 is 0 Å². The fraction of sp³-hybridized carbons (Fsp3) is 0.394. The van der Waals surface area contributed by atoms with Crippen molar-refractivity contribution in [2.45, 2.75) is 64.0 Å². The van der Waals surface area contributed by atoms with E-state index in [0.29, 0.717) is 6.54 Å². The molecule has 0 atom stereocenters. The van der Waals surface area contributed by atoms with Crippen molar-refractivity contribution in [2.24, 2.45) is 0 Å². The van der Waals surface area contributed by atoms with Crippen LogP contribution in [0.2, 0.25) is 0 Å². The number of nitrogens with one attached hydrogen (secondary N) is 3. The Kier molecular flexibility index (Phi) is 11.5. The van der Waals surface area contributed by atoms with Gasteiger partial charge < -0.3 is 16.0 Å². The van der Waals surface area contributed by atoms with Gasteiger partial charge in [0.05, 0.1) is 22.2 Å². The normalized spacial score (nSPS) is 14.0. The predicted molar refractivity (Wildman–Crippen MR) is 166 cm³/mol. The summed E-state index contributed by atoms with van der Waals surface area (Å²) in [7, 11) is 0. The van der Waals surface area contributed by atoms with Gasteiger partial charge in [-0.1, -0.05) is 93.3 Å². The minimum atomic E-state index is -0.539. The Bertz CT molecular complexity index is 1270. The number of nitro groups is 1. The van der Waals surface area contributed by atoms with Crippen LogP contribution in [0, 0.1) is 10.1 Å². The first-order chi connectivity index (χ1) is 20.5. The van der Waals surface area contributed by atoms with Gasteiger partial charge in [-0.25, -0.2) is 4.79 Å². The van der Waals surface area contributed by atoms with E-state index in [9.17, 15) is 19.7 Å². The summed E-state index contributed by atoms with van der Waals surface area (Å²) in [6.45, 7) is 4.23. The highest BCUT2D eigenvalue weighted by atomic mass is 16.6. The monoisotopic (exact) mass is 571 g/mol. The van der Waals surface area contributed by atoms with E-state index in [4.69, 9.17) is 0 Å². The molecule has 0 spiro atoms. The van der Waals surface area contributed by atoms with Gasteiger partial charge in [0, 0.05) is 37.8 Å². The standard InChI is InChI=1S/C33H41N5O4/c1-2-3-4-5-12-21-34-33(40)36-30-18-17-28(38(41)42)24-29(30)32(39)35-27-19-22-37(23-20-27)31(25-13-8-6-9-14-25)26-15-10-7-11-16-26/h6-11,13-18,24,27,31H,2-5,12,19-23H2,1H3,(H,35,39)(H2,34,36,40). The van der Waals surface area contributed by atoms with Gasteiger partial charge >= 0.3 is 6.03 Å². The van der Waals surface area contributed by atoms with Gasteiger partial charge in [-0.3, -0.25) is 19.8 Å². The number of nitrogens with zero attached hydrogens (tertiary/aromatic N) is 2. The third kappa shape index (κ3) is 8.63. The summed E-state index contributed by atoms with van der Waals surface area (Å²) < 4.78 is 0. The molecule has 0 aromatic heterocycles. The molecular formula is C33H41N5O4. The first-order valence-corrected chi connectivity index (χ1v) is 14.9. The van der Waals surface area contributed by atoms with Gasteiger partial charge in [0.1, 0.15) is 0 Å². The first kappa shape index (κ1) is 30.7. The van der Waals surface area contributed by atoms with Crippen LogP contribution < -0.4 is 16.0 Å². The van der Waals surface area contributed by atoms with Gasteiger partial charge in [-0.15, -0.1) is 0 Å². The number of carbonyl (C=O) groups excluding carboxylic acids is 2. The molecule has 9 nitrogen and oxygen atoms in total. The minimum absolute atomic E-state index is 0.0798. The maximum atomic E-state index is 13.4. The van der Waals surface area contributed by atoms with Crippen molar-refractivity contribution in [3.05, 3.63) is 106 Å². The zero-order valence-corrected chi connectivity index (χ0v) is 24.3. The summed E-state index contributed by atoms with van der Waals surface area (Å²) in [5.41, 5.74) is 2.56. The lowest BCUT2D eigenvalue weighted by Gasteiger charge is -2.38. The van der Waals surface area contributed by atoms with Gasteiger partial charge in [0.15, 0.2) is 0 Å². The van der Waals surface area contributed by atoms with Crippen LogP contribution in [0.15, 0.2) is 78.9 Å². The average Bonchev–Trinajstić information content (AvgIpc) is 3.01. The molecule has 0 saturated carbocycles. The van der Waals surface area contributed by atoms with Gasteiger partial charge in [-0.05, 0) is 36.5 Å². The third-order valence-electron chi connectivity index (χ3n) is 7.73. The Morgan fingerprint density at radius 2 is 1.52 bits per heavy atom. The second kappa shape index (κ2) is 15.7. The topological polar surface area (TPSA) is 117 Å². The predicted octanol–water partition coefficient (Wildman–Crippen LogP) is 6.67. The average molecular weight is 572 g/mol. The van der Waals surface area contributed by atoms with Crippen LogP contribution in [0.3, 0.4) is 0 Å². The quantitative estimate of drug-likeness (QED) is 0.120. The SMILES string of the molecule is CCCCCCCNC(=O)Nc1ccc([N+](=O)[O-])cc1C(=O)NC1CCN(C(c2ccccc2)c2ccccc2)CC1. The van der Waals surface area contributed by atoms with E-state index in [2.05, 4.69) is 76.3 Å². The van der Waals surface area contributed by atoms with E-state index < -0.39 is 16.9 Å². The number of amides is 3. The summed E-state index contributed by atoms with van der Waals surface area (Å²) in [5, 5.41) is 20.0. The molecule has 42 heavy (non-hydrogen) atoms. The second-order valence-corrected chi connectivity index (χ2v) is 10.8. The maximum Gasteiger partial charge on any atom is 0.319 e. The summed E-state index contributed by atoms with van der Waals surface area (Å²) in [6, 6.07) is 24.3. The Hall–Kier alpha value is -4.24. The molecule has 3 aromatic carbocycles. The molecule has 0 aliphatic carbocycles. The summed E-state index contributed by atoms with van der Waals surface area (Å²) >= 11 is 0. The molecule has 0 radical (unpaired) electrons. The van der Waals surface area contributed by atoms with Crippen molar-refractivity contribution in [1.29, 1.82) is 0 Å². The maximum absolute atomic E-state index is 13.4. The molecule has 0 bridgehead atoms. The molecule has 1 aliphatic rings. The molecule has 3 N–H and O–H groups in total. The molecule has 1 fully saturated rings. The Labute approximate surface area is 247 Å². The number of piperidine rings is 1. The van der Waals surface area contributed by atoms with Crippen molar-refractivity contribution in [3.63, 3.8) is 0 Å². The van der Waals surface area contributed by atoms with Crippen molar-refractivity contribution in [3.8, 4) is 0 Å². The molecule has 0 unspecified atom stereocenters. The van der Waals surface area contributed by atoms with Gasteiger partial charge in [0.25, 0.3) is 11.6 Å². The fourth-order valence-corrected chi connectivity index (χ4v) is 5.49. The highest BCUT2D eigenvalue weighted by Gasteiger charge is 2.29. The third-order valence-corrected chi connectivity index (χ3v) is 7.73. The first-order valence-electron chi connectivity index (χ1n) is 14.9. The van der Waals surface area contributed by atoms with Crippen LogP contribution in [0.25, 0.3) is 0 Å². The van der Waals surface area contributed by atoms with Gasteiger partial charge in [-0.2, -0.15) is 0 Å². The summed E-state index contributed by atoms with van der Waals surface area (Å²) in [4.78, 5) is 39.3. The van der Waals surface area contributed by atoms with Crippen molar-refractivity contribution < 1.29 is 14.5 Å². The number of non-ortho nitro benzene ring substituents is 1. The van der Waals surface area contributed by atoms with Crippen LogP contribution >= 0.6 is 0 Å². The van der Waals surface area contributed by atoms with Crippen molar-refractivity contribution in [2.75, 3.05) is 25.0 Å². The Morgan fingerprint density at radius 1 is 0.905 bits per heavy atom. The smallest absolute Gasteiger partial charge is 0.319 e. The number of rotatable bonds is 13. The zero-order chi connectivity index (χ0) is 29.7. The van der Waals surface area contributed by atoms with Crippen LogP contribution in [0.5, 0.6) is 0 Å². The number of nitro benzene ring substituents is 1. The largest absolute Gasteiger partial charge is 0.349 e. The highest BCUT2D eigenvalue weighted by Crippen LogP contribution is 2.31. The number of hydrogen-bond acceptors (Lipinski definition) is 5. The number of benzene rings is 3. The highest BCUT2D eigenvalue weighted by molar-refractivity contribution is 6.04. The van der Waals surface area contributed by atoms with Crippen molar-refractivity contribution >= 4 is 23.3 Å². The van der Waals surface area contributed by atoms with Crippen molar-refractivity contribution in [1.82, 2.24) is 15.5 Å². The fourth-order valence-electron chi connectivity index (χ4n) is 5.49. The molecule has 1 aliphatic heterocycles.